The van der Waals surface area contributed by atoms with Gasteiger partial charge in [-0.15, -0.1) is 0 Å². The number of carbonyl (C=O) groups excluding carboxylic acids is 2. The lowest BCUT2D eigenvalue weighted by Crippen LogP contribution is -2.14. The molecule has 0 saturated carbocycles. The van der Waals surface area contributed by atoms with E-state index in [1.807, 2.05) is 0 Å². The van der Waals surface area contributed by atoms with E-state index in [1.54, 1.807) is 31.2 Å². The molecule has 1 aromatic rings. The number of hydrogen-bond acceptors (Lipinski definition) is 4. The van der Waals surface area contributed by atoms with Crippen LogP contribution in [0.15, 0.2) is 24.3 Å². The fourth-order valence-corrected chi connectivity index (χ4v) is 1.37. The summed E-state index contributed by atoms with van der Waals surface area (Å²) in [6.45, 7) is 1.64. The van der Waals surface area contributed by atoms with E-state index >= 15 is 0 Å². The summed E-state index contributed by atoms with van der Waals surface area (Å²) in [5.41, 5.74) is 1.21. The molecule has 6 nitrogen and oxygen atoms in total. The first-order chi connectivity index (χ1) is 9.01. The Balaban J connectivity index is 2.47. The molecule has 0 spiro atoms. The van der Waals surface area contributed by atoms with Crippen LogP contribution in [0.2, 0.25) is 0 Å². The molecule has 6 heteroatoms. The Kier molecular flexibility index (Phi) is 5.81. The van der Waals surface area contributed by atoms with Gasteiger partial charge in [0.05, 0.1) is 13.2 Å². The van der Waals surface area contributed by atoms with Crippen molar-refractivity contribution in [2.75, 3.05) is 17.7 Å². The lowest BCUT2D eigenvalue weighted by Gasteiger charge is -2.08. The Morgan fingerprint density at radius 2 is 1.74 bits per heavy atom. The van der Waals surface area contributed by atoms with E-state index in [-0.39, 0.29) is 12.3 Å². The average molecular weight is 266 g/mol. The van der Waals surface area contributed by atoms with Crippen molar-refractivity contribution >= 4 is 23.4 Å². The highest BCUT2D eigenvalue weighted by atomic mass is 16.5. The summed E-state index contributed by atoms with van der Waals surface area (Å²) < 4.78 is 4.46. The van der Waals surface area contributed by atoms with E-state index in [4.69, 9.17) is 5.11 Å². The summed E-state index contributed by atoms with van der Waals surface area (Å²) in [5, 5.41) is 14.3. The number of amides is 2. The molecular weight excluding hydrogens is 248 g/mol. The third-order valence-corrected chi connectivity index (χ3v) is 2.39. The minimum atomic E-state index is -0.547. The summed E-state index contributed by atoms with van der Waals surface area (Å²) in [7, 11) is 1.28. The highest BCUT2D eigenvalue weighted by molar-refractivity contribution is 5.91. The van der Waals surface area contributed by atoms with E-state index in [2.05, 4.69) is 15.4 Å². The van der Waals surface area contributed by atoms with Gasteiger partial charge in [0.25, 0.3) is 0 Å². The van der Waals surface area contributed by atoms with Gasteiger partial charge in [-0.3, -0.25) is 10.1 Å². The van der Waals surface area contributed by atoms with Gasteiger partial charge in [0.15, 0.2) is 0 Å². The van der Waals surface area contributed by atoms with Gasteiger partial charge in [-0.1, -0.05) is 0 Å². The van der Waals surface area contributed by atoms with E-state index in [0.29, 0.717) is 17.8 Å². The Bertz CT molecular complexity index is 429. The quantitative estimate of drug-likeness (QED) is 0.760. The molecule has 0 heterocycles. The van der Waals surface area contributed by atoms with Crippen molar-refractivity contribution in [3.05, 3.63) is 24.3 Å². The Hall–Kier alpha value is -2.08. The largest absolute Gasteiger partial charge is 0.453 e. The number of aliphatic hydroxyl groups is 1. The van der Waals surface area contributed by atoms with Gasteiger partial charge in [-0.2, -0.15) is 0 Å². The van der Waals surface area contributed by atoms with Gasteiger partial charge in [0.2, 0.25) is 5.91 Å². The fraction of sp³-hybridized carbons (Fsp3) is 0.385. The summed E-state index contributed by atoms with van der Waals surface area (Å²) >= 11 is 0. The van der Waals surface area contributed by atoms with E-state index in [9.17, 15) is 9.59 Å². The van der Waals surface area contributed by atoms with Gasteiger partial charge < -0.3 is 15.2 Å². The van der Waals surface area contributed by atoms with Crippen LogP contribution in [0.3, 0.4) is 0 Å². The van der Waals surface area contributed by atoms with Crippen molar-refractivity contribution in [2.45, 2.75) is 25.9 Å². The first kappa shape index (κ1) is 15.0. The average Bonchev–Trinajstić information content (AvgIpc) is 2.38. The topological polar surface area (TPSA) is 87.7 Å². The van der Waals surface area contributed by atoms with E-state index < -0.39 is 12.2 Å². The molecule has 0 saturated heterocycles. The second-order valence-corrected chi connectivity index (χ2v) is 4.13. The Morgan fingerprint density at radius 1 is 1.21 bits per heavy atom. The highest BCUT2D eigenvalue weighted by Crippen LogP contribution is 2.14. The van der Waals surface area contributed by atoms with Gasteiger partial charge in [-0.05, 0) is 37.6 Å². The molecule has 19 heavy (non-hydrogen) atoms. The van der Waals surface area contributed by atoms with Crippen molar-refractivity contribution in [3.8, 4) is 0 Å². The summed E-state index contributed by atoms with van der Waals surface area (Å²) in [4.78, 5) is 22.5. The molecule has 0 aliphatic carbocycles. The first-order valence-electron chi connectivity index (χ1n) is 5.94. The van der Waals surface area contributed by atoms with Gasteiger partial charge in [-0.25, -0.2) is 4.79 Å². The smallest absolute Gasteiger partial charge is 0.411 e. The lowest BCUT2D eigenvalue weighted by molar-refractivity contribution is -0.116. The molecule has 1 rings (SSSR count). The number of carbonyl (C=O) groups is 2. The van der Waals surface area contributed by atoms with Crippen LogP contribution in [0.4, 0.5) is 16.2 Å². The minimum absolute atomic E-state index is 0.158. The number of nitrogens with one attached hydrogen (secondary N) is 2. The van der Waals surface area contributed by atoms with E-state index in [1.165, 1.54) is 7.11 Å². The highest BCUT2D eigenvalue weighted by Gasteiger charge is 2.05. The molecular formula is C13H18N2O4. The zero-order chi connectivity index (χ0) is 14.3. The zero-order valence-corrected chi connectivity index (χ0v) is 11.0. The second-order valence-electron chi connectivity index (χ2n) is 4.13. The Morgan fingerprint density at radius 3 is 2.21 bits per heavy atom. The predicted molar refractivity (Wildman–Crippen MR) is 72.0 cm³/mol. The summed E-state index contributed by atoms with van der Waals surface area (Å²) in [6.07, 6.45) is -0.348. The van der Waals surface area contributed by atoms with Crippen molar-refractivity contribution in [1.82, 2.24) is 0 Å². The monoisotopic (exact) mass is 266 g/mol. The molecule has 0 bridgehead atoms. The Labute approximate surface area is 111 Å². The van der Waals surface area contributed by atoms with Crippen molar-refractivity contribution in [2.24, 2.45) is 0 Å². The number of ether oxygens (including phenoxy) is 1. The molecule has 0 aliphatic heterocycles. The lowest BCUT2D eigenvalue weighted by atomic mass is 10.2. The van der Waals surface area contributed by atoms with Gasteiger partial charge in [0.1, 0.15) is 0 Å². The van der Waals surface area contributed by atoms with Crippen LogP contribution in [0.1, 0.15) is 19.8 Å². The molecule has 3 N–H and O–H groups in total. The molecule has 0 radical (unpaired) electrons. The van der Waals surface area contributed by atoms with Crippen LogP contribution in [0, 0.1) is 0 Å². The molecule has 0 aromatic heterocycles. The maximum absolute atomic E-state index is 11.5. The number of rotatable bonds is 5. The minimum Gasteiger partial charge on any atom is -0.453 e. The molecule has 104 valence electrons. The zero-order valence-electron chi connectivity index (χ0n) is 11.0. The molecule has 0 aliphatic rings. The third-order valence-electron chi connectivity index (χ3n) is 2.39. The molecule has 1 atom stereocenters. The van der Waals surface area contributed by atoms with Gasteiger partial charge >= 0.3 is 6.09 Å². The van der Waals surface area contributed by atoms with Gasteiger partial charge in [0, 0.05) is 17.8 Å². The van der Waals surface area contributed by atoms with Crippen LogP contribution in [-0.4, -0.2) is 30.3 Å². The number of anilines is 2. The fourth-order valence-electron chi connectivity index (χ4n) is 1.37. The second kappa shape index (κ2) is 7.38. The van der Waals surface area contributed by atoms with Crippen LogP contribution in [-0.2, 0) is 9.53 Å². The first-order valence-corrected chi connectivity index (χ1v) is 5.94. The standard InChI is InChI=1S/C13H18N2O4/c1-9(16)3-8-12(17)14-10-4-6-11(7-5-10)15-13(18)19-2/h4-7,9,16H,3,8H2,1-2H3,(H,14,17)(H,15,18). The number of aliphatic hydroxyl groups excluding tert-OH is 1. The number of methoxy groups -OCH3 is 1. The summed E-state index contributed by atoms with van der Waals surface area (Å²) in [6, 6.07) is 6.65. The van der Waals surface area contributed by atoms with Crippen molar-refractivity contribution in [3.63, 3.8) is 0 Å². The predicted octanol–water partition coefficient (Wildman–Crippen LogP) is 1.96. The van der Waals surface area contributed by atoms with Crippen molar-refractivity contribution < 1.29 is 19.4 Å². The normalized spacial score (nSPS) is 11.5. The number of hydrogen-bond donors (Lipinski definition) is 3. The molecule has 0 fully saturated rings. The maximum Gasteiger partial charge on any atom is 0.411 e. The molecule has 1 unspecified atom stereocenters. The number of benzene rings is 1. The maximum atomic E-state index is 11.5. The third kappa shape index (κ3) is 5.87. The van der Waals surface area contributed by atoms with E-state index in [0.717, 1.165) is 0 Å². The SMILES string of the molecule is COC(=O)Nc1ccc(NC(=O)CCC(C)O)cc1. The molecule has 2 amide bonds. The molecule has 1 aromatic carbocycles. The van der Waals surface area contributed by atoms with Crippen LogP contribution in [0.25, 0.3) is 0 Å². The van der Waals surface area contributed by atoms with Crippen LogP contribution >= 0.6 is 0 Å². The van der Waals surface area contributed by atoms with Crippen LogP contribution in [0.5, 0.6) is 0 Å². The van der Waals surface area contributed by atoms with Crippen molar-refractivity contribution in [1.29, 1.82) is 0 Å². The van der Waals surface area contributed by atoms with Crippen LogP contribution < -0.4 is 10.6 Å². The summed E-state index contributed by atoms with van der Waals surface area (Å²) in [5.74, 6) is -0.158.